The van der Waals surface area contributed by atoms with E-state index in [0.717, 1.165) is 15.7 Å². The highest BCUT2D eigenvalue weighted by molar-refractivity contribution is 8.15. The molecule has 2 rings (SSSR count). The van der Waals surface area contributed by atoms with Crippen molar-refractivity contribution >= 4 is 62.5 Å². The van der Waals surface area contributed by atoms with Gasteiger partial charge in [0.1, 0.15) is 9.55 Å². The largest absolute Gasteiger partial charge is 0.273 e. The van der Waals surface area contributed by atoms with Crippen molar-refractivity contribution < 1.29 is 8.42 Å². The van der Waals surface area contributed by atoms with Crippen molar-refractivity contribution in [2.45, 2.75) is 14.4 Å². The van der Waals surface area contributed by atoms with Crippen LogP contribution < -0.4 is 3.71 Å². The Labute approximate surface area is 149 Å². The first-order chi connectivity index (χ1) is 10.4. The predicted octanol–water partition coefficient (Wildman–Crippen LogP) is 4.90. The molecule has 8 heteroatoms. The Morgan fingerprint density at radius 1 is 0.864 bits per heavy atom. The van der Waals surface area contributed by atoms with Crippen molar-refractivity contribution in [2.24, 2.45) is 0 Å². The molecule has 0 bridgehead atoms. The molecule has 1 atom stereocenters. The molecule has 3 nitrogen and oxygen atoms in total. The molecule has 0 heterocycles. The summed E-state index contributed by atoms with van der Waals surface area (Å²) in [7, 11) is -3.79. The number of alkyl halides is 3. The van der Waals surface area contributed by atoms with E-state index in [1.165, 1.54) is 12.1 Å². The maximum absolute atomic E-state index is 12.9. The molecular formula is C14H12Cl3NO2S2. The van der Waals surface area contributed by atoms with E-state index in [0.29, 0.717) is 5.69 Å². The Morgan fingerprint density at radius 3 is 1.86 bits per heavy atom. The van der Waals surface area contributed by atoms with E-state index < -0.39 is 19.6 Å². The van der Waals surface area contributed by atoms with Crippen LogP contribution in [0.3, 0.4) is 0 Å². The zero-order chi connectivity index (χ0) is 16.2. The highest BCUT2D eigenvalue weighted by Gasteiger charge is 2.30. The van der Waals surface area contributed by atoms with Crippen LogP contribution in [0.4, 0.5) is 5.69 Å². The van der Waals surface area contributed by atoms with E-state index in [2.05, 4.69) is 0 Å². The molecule has 1 unspecified atom stereocenters. The number of benzene rings is 2. The summed E-state index contributed by atoms with van der Waals surface area (Å²) in [6, 6.07) is 16.7. The molecule has 0 saturated heterocycles. The van der Waals surface area contributed by atoms with Gasteiger partial charge in [-0.25, -0.2) is 12.1 Å². The molecule has 2 aromatic rings. The maximum atomic E-state index is 12.9. The van der Waals surface area contributed by atoms with E-state index in [-0.39, 0.29) is 4.90 Å². The lowest BCUT2D eigenvalue weighted by Crippen LogP contribution is -2.27. The summed E-state index contributed by atoms with van der Waals surface area (Å²) in [6.07, 6.45) is 0. The molecule has 0 N–H and O–H groups in total. The summed E-state index contributed by atoms with van der Waals surface area (Å²) in [5, 5.41) is 0. The molecule has 0 amide bonds. The van der Waals surface area contributed by atoms with E-state index in [1.54, 1.807) is 48.5 Å². The first-order valence-corrected chi connectivity index (χ1v) is 9.76. The van der Waals surface area contributed by atoms with Gasteiger partial charge in [-0.2, -0.15) is 0 Å². The minimum atomic E-state index is -3.79. The van der Waals surface area contributed by atoms with Crippen LogP contribution in [0.5, 0.6) is 0 Å². The second-order valence-corrected chi connectivity index (χ2v) is 9.17. The lowest BCUT2D eigenvalue weighted by Gasteiger charge is -2.25. The van der Waals surface area contributed by atoms with Gasteiger partial charge in [-0.3, -0.25) is 0 Å². The molecule has 0 aliphatic rings. The Balaban J connectivity index is 2.45. The Hall–Kier alpha value is -0.590. The van der Waals surface area contributed by atoms with Crippen molar-refractivity contribution in [2.75, 3.05) is 3.71 Å². The quantitative estimate of drug-likeness (QED) is 0.515. The van der Waals surface area contributed by atoms with Gasteiger partial charge in [0.15, 0.2) is 0 Å². The average molecular weight is 397 g/mol. The van der Waals surface area contributed by atoms with Crippen LogP contribution in [0.15, 0.2) is 65.6 Å². The summed E-state index contributed by atoms with van der Waals surface area (Å²) >= 11 is 18.4. The smallest absolute Gasteiger partial charge is 0.206 e. The monoisotopic (exact) mass is 395 g/mol. The minimum Gasteiger partial charge on any atom is -0.206 e. The molecule has 0 aromatic heterocycles. The molecular weight excluding hydrogens is 385 g/mol. The highest BCUT2D eigenvalue weighted by Crippen LogP contribution is 2.36. The topological polar surface area (TPSA) is 37.4 Å². The van der Waals surface area contributed by atoms with Crippen LogP contribution in [0.2, 0.25) is 0 Å². The van der Waals surface area contributed by atoms with Gasteiger partial charge in [0, 0.05) is 0 Å². The number of anilines is 1. The lowest BCUT2D eigenvalue weighted by molar-refractivity contribution is 0.598. The van der Waals surface area contributed by atoms with Crippen LogP contribution in [-0.4, -0.2) is 18.0 Å². The van der Waals surface area contributed by atoms with E-state index in [1.807, 2.05) is 0 Å². The van der Waals surface area contributed by atoms with Gasteiger partial charge in [-0.15, -0.1) is 34.8 Å². The zero-order valence-electron chi connectivity index (χ0n) is 11.1. The van der Waals surface area contributed by atoms with Crippen molar-refractivity contribution in [3.63, 3.8) is 0 Å². The Kier molecular flexibility index (Phi) is 6.29. The molecule has 22 heavy (non-hydrogen) atoms. The van der Waals surface area contributed by atoms with Gasteiger partial charge in [0.25, 0.3) is 10.0 Å². The SMILES string of the molecule is O=S(=O)(c1ccccc1)N(SC(Cl)C(Cl)Cl)c1ccccc1. The van der Waals surface area contributed by atoms with E-state index in [4.69, 9.17) is 34.8 Å². The molecule has 0 fully saturated rings. The molecule has 0 saturated carbocycles. The Morgan fingerprint density at radius 2 is 1.36 bits per heavy atom. The fraction of sp³-hybridized carbons (Fsp3) is 0.143. The molecule has 0 aliphatic carbocycles. The first kappa shape index (κ1) is 17.8. The highest BCUT2D eigenvalue weighted by atomic mass is 35.5. The van der Waals surface area contributed by atoms with Crippen LogP contribution in [-0.2, 0) is 10.0 Å². The van der Waals surface area contributed by atoms with Gasteiger partial charge in [-0.1, -0.05) is 36.4 Å². The second-order valence-electron chi connectivity index (χ2n) is 4.17. The van der Waals surface area contributed by atoms with E-state index >= 15 is 0 Å². The van der Waals surface area contributed by atoms with Gasteiger partial charge in [-0.05, 0) is 36.2 Å². The van der Waals surface area contributed by atoms with Crippen LogP contribution in [0, 0.1) is 0 Å². The standard InChI is InChI=1S/C14H12Cl3NO2S2/c15-13(16)14(17)21-18(11-7-3-1-4-8-11)22(19,20)12-9-5-2-6-10-12/h1-10,13-14H. The van der Waals surface area contributed by atoms with Crippen LogP contribution in [0.1, 0.15) is 0 Å². The van der Waals surface area contributed by atoms with Gasteiger partial charge >= 0.3 is 0 Å². The van der Waals surface area contributed by atoms with Crippen molar-refractivity contribution in [1.29, 1.82) is 0 Å². The third kappa shape index (κ3) is 4.24. The minimum absolute atomic E-state index is 0.163. The normalized spacial score (nSPS) is 13.1. The van der Waals surface area contributed by atoms with Crippen LogP contribution in [0.25, 0.3) is 0 Å². The first-order valence-electron chi connectivity index (χ1n) is 6.17. The molecule has 118 valence electrons. The molecule has 0 radical (unpaired) electrons. The summed E-state index contributed by atoms with van der Waals surface area (Å²) in [5.74, 6) is 0. The van der Waals surface area contributed by atoms with Gasteiger partial charge < -0.3 is 0 Å². The summed E-state index contributed by atoms with van der Waals surface area (Å²) < 4.78 is 26.0. The summed E-state index contributed by atoms with van der Waals surface area (Å²) in [6.45, 7) is 0. The fourth-order valence-corrected chi connectivity index (χ4v) is 4.89. The number of halogens is 3. The van der Waals surface area contributed by atoms with Crippen molar-refractivity contribution in [1.82, 2.24) is 0 Å². The number of rotatable bonds is 6. The number of para-hydroxylation sites is 1. The third-order valence-corrected chi connectivity index (χ3v) is 7.41. The van der Waals surface area contributed by atoms with Gasteiger partial charge in [0.05, 0.1) is 10.6 Å². The van der Waals surface area contributed by atoms with Crippen molar-refractivity contribution in [3.8, 4) is 0 Å². The van der Waals surface area contributed by atoms with Gasteiger partial charge in [0.2, 0.25) is 0 Å². The molecule has 0 aliphatic heterocycles. The number of nitrogens with zero attached hydrogens (tertiary/aromatic N) is 1. The second kappa shape index (κ2) is 7.79. The lowest BCUT2D eigenvalue weighted by atomic mass is 10.3. The predicted molar refractivity (Wildman–Crippen MR) is 95.3 cm³/mol. The van der Waals surface area contributed by atoms with Crippen molar-refractivity contribution in [3.05, 3.63) is 60.7 Å². The summed E-state index contributed by atoms with van der Waals surface area (Å²) in [4.78, 5) is -0.750. The number of hydrogen-bond donors (Lipinski definition) is 0. The average Bonchev–Trinajstić information content (AvgIpc) is 2.53. The maximum Gasteiger partial charge on any atom is 0.273 e. The molecule has 0 spiro atoms. The zero-order valence-corrected chi connectivity index (χ0v) is 15.0. The molecule has 2 aromatic carbocycles. The third-order valence-electron chi connectivity index (χ3n) is 2.62. The van der Waals surface area contributed by atoms with Crippen LogP contribution >= 0.6 is 46.8 Å². The fourth-order valence-electron chi connectivity index (χ4n) is 1.63. The number of sulfonamides is 1. The van der Waals surface area contributed by atoms with E-state index in [9.17, 15) is 8.42 Å². The summed E-state index contributed by atoms with van der Waals surface area (Å²) in [5.41, 5.74) is 0.469. The number of hydrogen-bond acceptors (Lipinski definition) is 3. The Bertz CT molecular complexity index is 697.